The van der Waals surface area contributed by atoms with Crippen LogP contribution >= 0.6 is 0 Å². The Kier molecular flexibility index (Phi) is 7.56. The minimum atomic E-state index is -0.735. The molecule has 2 aromatic rings. The van der Waals surface area contributed by atoms with Crippen molar-refractivity contribution >= 4 is 29.1 Å². The Morgan fingerprint density at radius 1 is 1.00 bits per heavy atom. The van der Waals surface area contributed by atoms with E-state index in [1.54, 1.807) is 24.3 Å². The molecule has 7 nitrogen and oxygen atoms in total. The maximum absolute atomic E-state index is 12.0. The van der Waals surface area contributed by atoms with Crippen molar-refractivity contribution in [2.75, 3.05) is 29.9 Å². The fourth-order valence-corrected chi connectivity index (χ4v) is 2.85. The predicted molar refractivity (Wildman–Crippen MR) is 110 cm³/mol. The lowest BCUT2D eigenvalue weighted by Crippen LogP contribution is -2.40. The Bertz CT molecular complexity index is 834. The van der Waals surface area contributed by atoms with Gasteiger partial charge in [0.25, 0.3) is 0 Å². The highest BCUT2D eigenvalue weighted by atomic mass is 16.2. The van der Waals surface area contributed by atoms with Crippen molar-refractivity contribution in [2.24, 2.45) is 5.73 Å². The van der Waals surface area contributed by atoms with E-state index < -0.39 is 17.7 Å². The highest BCUT2D eigenvalue weighted by Crippen LogP contribution is 2.18. The first-order valence-corrected chi connectivity index (χ1v) is 9.17. The second-order valence-electron chi connectivity index (χ2n) is 6.42. The summed E-state index contributed by atoms with van der Waals surface area (Å²) >= 11 is 0. The lowest BCUT2D eigenvalue weighted by atomic mass is 10.1. The second kappa shape index (κ2) is 10.1. The van der Waals surface area contributed by atoms with Crippen molar-refractivity contribution in [3.8, 4) is 0 Å². The van der Waals surface area contributed by atoms with Crippen LogP contribution in [0.15, 0.2) is 48.5 Å². The lowest BCUT2D eigenvalue weighted by molar-refractivity contribution is -0.136. The van der Waals surface area contributed by atoms with Gasteiger partial charge in [0.2, 0.25) is 5.91 Å². The topological polar surface area (TPSA) is 105 Å². The molecule has 0 radical (unpaired) electrons. The molecule has 0 fully saturated rings. The zero-order chi connectivity index (χ0) is 20.5. The Balaban J connectivity index is 1.83. The maximum atomic E-state index is 12.0. The van der Waals surface area contributed by atoms with Crippen LogP contribution in [0.3, 0.4) is 0 Å². The van der Waals surface area contributed by atoms with Crippen LogP contribution in [-0.4, -0.2) is 37.4 Å². The number of para-hydroxylation sites is 1. The Morgan fingerprint density at radius 2 is 1.68 bits per heavy atom. The molecule has 4 N–H and O–H groups in total. The van der Waals surface area contributed by atoms with Crippen molar-refractivity contribution in [3.05, 3.63) is 59.7 Å². The first kappa shape index (κ1) is 21.0. The van der Waals surface area contributed by atoms with Gasteiger partial charge < -0.3 is 21.3 Å². The normalized spacial score (nSPS) is 10.2. The highest BCUT2D eigenvalue weighted by molar-refractivity contribution is 6.39. The van der Waals surface area contributed by atoms with Crippen LogP contribution in [0.25, 0.3) is 0 Å². The summed E-state index contributed by atoms with van der Waals surface area (Å²) in [7, 11) is 0. The predicted octanol–water partition coefficient (Wildman–Crippen LogP) is 1.60. The van der Waals surface area contributed by atoms with E-state index in [1.807, 2.05) is 38.1 Å². The van der Waals surface area contributed by atoms with Crippen LogP contribution in [0.5, 0.6) is 0 Å². The zero-order valence-corrected chi connectivity index (χ0v) is 16.2. The third kappa shape index (κ3) is 6.12. The third-order valence-corrected chi connectivity index (χ3v) is 4.30. The van der Waals surface area contributed by atoms with Crippen LogP contribution in [0.1, 0.15) is 18.1 Å². The minimum absolute atomic E-state index is 0.129. The maximum Gasteiger partial charge on any atom is 0.313 e. The van der Waals surface area contributed by atoms with E-state index in [0.29, 0.717) is 18.8 Å². The number of nitrogens with two attached hydrogens (primary N) is 1. The standard InChI is InChI=1S/C21H26N4O3/c1-3-25(18-7-5-4-6-15(18)2)13-12-23-20(27)21(28)24-17-10-8-16(9-11-17)14-19(22)26/h4-11H,3,12-14H2,1-2H3,(H2,22,26)(H,23,27)(H,24,28). The molecule has 0 spiro atoms. The van der Waals surface area contributed by atoms with Gasteiger partial charge in [-0.25, -0.2) is 0 Å². The minimum Gasteiger partial charge on any atom is -0.370 e. The van der Waals surface area contributed by atoms with Crippen LogP contribution in [0, 0.1) is 6.92 Å². The van der Waals surface area contributed by atoms with Gasteiger partial charge in [-0.15, -0.1) is 0 Å². The monoisotopic (exact) mass is 382 g/mol. The molecule has 7 heteroatoms. The average Bonchev–Trinajstić information content (AvgIpc) is 2.67. The first-order chi connectivity index (χ1) is 13.4. The van der Waals surface area contributed by atoms with Gasteiger partial charge in [0.05, 0.1) is 6.42 Å². The smallest absolute Gasteiger partial charge is 0.313 e. The lowest BCUT2D eigenvalue weighted by Gasteiger charge is -2.25. The summed E-state index contributed by atoms with van der Waals surface area (Å²) in [4.78, 5) is 37.1. The quantitative estimate of drug-likeness (QED) is 0.603. The molecule has 2 rings (SSSR count). The van der Waals surface area contributed by atoms with Crippen LogP contribution in [0.4, 0.5) is 11.4 Å². The molecule has 3 amide bonds. The van der Waals surface area contributed by atoms with Gasteiger partial charge in [-0.2, -0.15) is 0 Å². The van der Waals surface area contributed by atoms with Gasteiger partial charge in [-0.1, -0.05) is 30.3 Å². The van der Waals surface area contributed by atoms with E-state index in [-0.39, 0.29) is 6.42 Å². The van der Waals surface area contributed by atoms with E-state index in [4.69, 9.17) is 5.73 Å². The molecule has 0 aliphatic carbocycles. The summed E-state index contributed by atoms with van der Waals surface area (Å²) in [5, 5.41) is 5.17. The van der Waals surface area contributed by atoms with Crippen molar-refractivity contribution in [1.82, 2.24) is 5.32 Å². The molecule has 148 valence electrons. The number of amides is 3. The van der Waals surface area contributed by atoms with E-state index >= 15 is 0 Å². The van der Waals surface area contributed by atoms with Crippen LogP contribution in [0.2, 0.25) is 0 Å². The van der Waals surface area contributed by atoms with Crippen molar-refractivity contribution in [2.45, 2.75) is 20.3 Å². The summed E-state index contributed by atoms with van der Waals surface area (Å²) in [6, 6.07) is 14.7. The number of hydrogen-bond acceptors (Lipinski definition) is 4. The molecule has 0 atom stereocenters. The Morgan fingerprint density at radius 3 is 2.29 bits per heavy atom. The van der Waals surface area contributed by atoms with E-state index in [9.17, 15) is 14.4 Å². The van der Waals surface area contributed by atoms with Crippen molar-refractivity contribution in [3.63, 3.8) is 0 Å². The molecule has 0 heterocycles. The Hall–Kier alpha value is -3.35. The molecule has 0 aliphatic heterocycles. The molecule has 0 aliphatic rings. The van der Waals surface area contributed by atoms with Crippen molar-refractivity contribution in [1.29, 1.82) is 0 Å². The molecule has 0 unspecified atom stereocenters. The fraction of sp³-hybridized carbons (Fsp3) is 0.286. The van der Waals surface area contributed by atoms with Gasteiger partial charge in [-0.05, 0) is 43.2 Å². The van der Waals surface area contributed by atoms with Gasteiger partial charge in [0.1, 0.15) is 0 Å². The second-order valence-corrected chi connectivity index (χ2v) is 6.42. The van der Waals surface area contributed by atoms with E-state index in [1.165, 1.54) is 0 Å². The van der Waals surface area contributed by atoms with Gasteiger partial charge >= 0.3 is 11.8 Å². The highest BCUT2D eigenvalue weighted by Gasteiger charge is 2.14. The molecule has 28 heavy (non-hydrogen) atoms. The molecule has 0 saturated carbocycles. The van der Waals surface area contributed by atoms with Crippen molar-refractivity contribution < 1.29 is 14.4 Å². The molecule has 0 aromatic heterocycles. The number of nitrogens with zero attached hydrogens (tertiary/aromatic N) is 1. The molecular formula is C21H26N4O3. The van der Waals surface area contributed by atoms with Crippen LogP contribution in [-0.2, 0) is 20.8 Å². The van der Waals surface area contributed by atoms with E-state index in [0.717, 1.165) is 23.4 Å². The summed E-state index contributed by atoms with van der Waals surface area (Å²) in [6.07, 6.45) is 0.129. The number of nitrogens with one attached hydrogen (secondary N) is 2. The van der Waals surface area contributed by atoms with Gasteiger partial charge in [0.15, 0.2) is 0 Å². The Labute approximate surface area is 164 Å². The zero-order valence-electron chi connectivity index (χ0n) is 16.2. The molecule has 0 bridgehead atoms. The fourth-order valence-electron chi connectivity index (χ4n) is 2.85. The number of aryl methyl sites for hydroxylation is 1. The van der Waals surface area contributed by atoms with Crippen LogP contribution < -0.4 is 21.3 Å². The SMILES string of the molecule is CCN(CCNC(=O)C(=O)Nc1ccc(CC(N)=O)cc1)c1ccccc1C. The number of anilines is 2. The summed E-state index contributed by atoms with van der Waals surface area (Å²) in [6.45, 7) is 5.83. The molecular weight excluding hydrogens is 356 g/mol. The first-order valence-electron chi connectivity index (χ1n) is 9.17. The number of rotatable bonds is 8. The number of carbonyl (C=O) groups is 3. The average molecular weight is 382 g/mol. The third-order valence-electron chi connectivity index (χ3n) is 4.30. The number of benzene rings is 2. The number of primary amides is 1. The number of hydrogen-bond donors (Lipinski definition) is 3. The van der Waals surface area contributed by atoms with Gasteiger partial charge in [0, 0.05) is 31.0 Å². The van der Waals surface area contributed by atoms with E-state index in [2.05, 4.69) is 15.5 Å². The molecule has 0 saturated heterocycles. The molecule has 2 aromatic carbocycles. The summed E-state index contributed by atoms with van der Waals surface area (Å²) in [5.41, 5.74) is 8.63. The summed E-state index contributed by atoms with van der Waals surface area (Å²) in [5.74, 6) is -1.85. The number of carbonyl (C=O) groups excluding carboxylic acids is 3. The summed E-state index contributed by atoms with van der Waals surface area (Å²) < 4.78 is 0. The number of likely N-dealkylation sites (N-methyl/N-ethyl adjacent to an activating group) is 1. The van der Waals surface area contributed by atoms with Gasteiger partial charge in [-0.3, -0.25) is 14.4 Å². The largest absolute Gasteiger partial charge is 0.370 e.